The van der Waals surface area contributed by atoms with E-state index >= 15 is 0 Å². The molecule has 1 saturated heterocycles. The van der Waals surface area contributed by atoms with Gasteiger partial charge in [0, 0.05) is 41.7 Å². The first-order valence-electron chi connectivity index (χ1n) is 6.50. The van der Waals surface area contributed by atoms with Crippen LogP contribution in [0.2, 0.25) is 5.02 Å². The maximum atomic E-state index is 6.27. The molecule has 1 aromatic rings. The van der Waals surface area contributed by atoms with Crippen LogP contribution in [-0.2, 0) is 6.54 Å². The van der Waals surface area contributed by atoms with Crippen LogP contribution in [0.3, 0.4) is 0 Å². The molecule has 0 bridgehead atoms. The summed E-state index contributed by atoms with van der Waals surface area (Å²) in [5.41, 5.74) is 1.22. The average Bonchev–Trinajstić information content (AvgIpc) is 2.33. The fourth-order valence-corrected chi connectivity index (χ4v) is 3.31. The predicted octanol–water partition coefficient (Wildman–Crippen LogP) is 3.63. The molecule has 0 spiro atoms. The van der Waals surface area contributed by atoms with Crippen LogP contribution in [0.5, 0.6) is 0 Å². The van der Waals surface area contributed by atoms with Crippen LogP contribution in [-0.4, -0.2) is 42.0 Å². The minimum Gasteiger partial charge on any atom is -0.298 e. The van der Waals surface area contributed by atoms with E-state index in [4.69, 9.17) is 11.6 Å². The van der Waals surface area contributed by atoms with E-state index in [9.17, 15) is 0 Å². The zero-order chi connectivity index (χ0) is 13.1. The molecule has 1 aliphatic heterocycles. The summed E-state index contributed by atoms with van der Waals surface area (Å²) in [7, 11) is 0. The van der Waals surface area contributed by atoms with Crippen molar-refractivity contribution >= 4 is 27.5 Å². The van der Waals surface area contributed by atoms with Gasteiger partial charge in [0.25, 0.3) is 0 Å². The standard InChI is InChI=1S/C14H20BrClN2/c1-3-18-7-6-17(9-11(18)2)10-12-4-5-13(15)8-14(12)16/h4-5,8,11H,3,6-7,9-10H2,1-2H3. The van der Waals surface area contributed by atoms with E-state index in [1.165, 1.54) is 5.56 Å². The SMILES string of the molecule is CCN1CCN(Cc2ccc(Br)cc2Cl)CC1C. The minimum atomic E-state index is 0.637. The van der Waals surface area contributed by atoms with Crippen LogP contribution in [0.1, 0.15) is 19.4 Å². The number of likely N-dealkylation sites (N-methyl/N-ethyl adjacent to an activating group) is 1. The first kappa shape index (κ1) is 14.3. The van der Waals surface area contributed by atoms with Crippen molar-refractivity contribution in [1.82, 2.24) is 9.80 Å². The van der Waals surface area contributed by atoms with Gasteiger partial charge in [-0.2, -0.15) is 0 Å². The zero-order valence-electron chi connectivity index (χ0n) is 11.0. The number of hydrogen-bond acceptors (Lipinski definition) is 2. The van der Waals surface area contributed by atoms with Crippen molar-refractivity contribution in [3.8, 4) is 0 Å². The smallest absolute Gasteiger partial charge is 0.0462 e. The minimum absolute atomic E-state index is 0.637. The second-order valence-electron chi connectivity index (χ2n) is 4.95. The van der Waals surface area contributed by atoms with Crippen molar-refractivity contribution in [3.05, 3.63) is 33.3 Å². The molecule has 100 valence electrons. The van der Waals surface area contributed by atoms with E-state index in [1.54, 1.807) is 0 Å². The van der Waals surface area contributed by atoms with Crippen molar-refractivity contribution < 1.29 is 0 Å². The number of rotatable bonds is 3. The lowest BCUT2D eigenvalue weighted by Gasteiger charge is -2.39. The largest absolute Gasteiger partial charge is 0.298 e. The molecule has 1 fully saturated rings. The summed E-state index contributed by atoms with van der Waals surface area (Å²) in [4.78, 5) is 5.02. The molecule has 4 heteroatoms. The zero-order valence-corrected chi connectivity index (χ0v) is 13.3. The van der Waals surface area contributed by atoms with Gasteiger partial charge in [0.05, 0.1) is 0 Å². The molecule has 0 N–H and O–H groups in total. The van der Waals surface area contributed by atoms with E-state index in [0.29, 0.717) is 6.04 Å². The summed E-state index contributed by atoms with van der Waals surface area (Å²) in [6.07, 6.45) is 0. The Hall–Kier alpha value is -0.0900. The summed E-state index contributed by atoms with van der Waals surface area (Å²) < 4.78 is 1.04. The van der Waals surface area contributed by atoms with E-state index in [-0.39, 0.29) is 0 Å². The third-order valence-corrected chi connectivity index (χ3v) is 4.51. The third-order valence-electron chi connectivity index (χ3n) is 3.66. The van der Waals surface area contributed by atoms with Gasteiger partial charge in [-0.3, -0.25) is 9.80 Å². The van der Waals surface area contributed by atoms with Crippen LogP contribution in [0, 0.1) is 0 Å². The Morgan fingerprint density at radius 2 is 2.17 bits per heavy atom. The van der Waals surface area contributed by atoms with Crippen molar-refractivity contribution in [2.45, 2.75) is 26.4 Å². The van der Waals surface area contributed by atoms with Crippen molar-refractivity contribution in [2.75, 3.05) is 26.2 Å². The summed E-state index contributed by atoms with van der Waals surface area (Å²) in [6, 6.07) is 6.79. The molecule has 0 aliphatic carbocycles. The van der Waals surface area contributed by atoms with Gasteiger partial charge in [0.15, 0.2) is 0 Å². The fourth-order valence-electron chi connectivity index (χ4n) is 2.57. The number of piperazine rings is 1. The van der Waals surface area contributed by atoms with Gasteiger partial charge in [-0.05, 0) is 31.2 Å². The normalized spacial score (nSPS) is 22.3. The molecule has 1 atom stereocenters. The topological polar surface area (TPSA) is 6.48 Å². The van der Waals surface area contributed by atoms with Crippen LogP contribution in [0.15, 0.2) is 22.7 Å². The highest BCUT2D eigenvalue weighted by atomic mass is 79.9. The second-order valence-corrected chi connectivity index (χ2v) is 6.27. The molecule has 1 heterocycles. The highest BCUT2D eigenvalue weighted by Gasteiger charge is 2.22. The van der Waals surface area contributed by atoms with E-state index in [1.807, 2.05) is 6.07 Å². The van der Waals surface area contributed by atoms with Crippen LogP contribution >= 0.6 is 27.5 Å². The van der Waals surface area contributed by atoms with Crippen LogP contribution < -0.4 is 0 Å². The first-order chi connectivity index (χ1) is 8.60. The van der Waals surface area contributed by atoms with Gasteiger partial charge in [0.1, 0.15) is 0 Å². The van der Waals surface area contributed by atoms with Crippen molar-refractivity contribution in [2.24, 2.45) is 0 Å². The molecule has 0 saturated carbocycles. The van der Waals surface area contributed by atoms with Gasteiger partial charge < -0.3 is 0 Å². The fraction of sp³-hybridized carbons (Fsp3) is 0.571. The summed E-state index contributed by atoms with van der Waals surface area (Å²) in [5.74, 6) is 0. The van der Waals surface area contributed by atoms with Crippen LogP contribution in [0.25, 0.3) is 0 Å². The Morgan fingerprint density at radius 3 is 2.78 bits per heavy atom. The van der Waals surface area contributed by atoms with Gasteiger partial charge in [0.2, 0.25) is 0 Å². The summed E-state index contributed by atoms with van der Waals surface area (Å²) in [5, 5.41) is 0.856. The van der Waals surface area contributed by atoms with Crippen LogP contribution in [0.4, 0.5) is 0 Å². The lowest BCUT2D eigenvalue weighted by molar-refractivity contribution is 0.0835. The molecule has 2 nitrogen and oxygen atoms in total. The lowest BCUT2D eigenvalue weighted by Crippen LogP contribution is -2.51. The van der Waals surface area contributed by atoms with Crippen molar-refractivity contribution in [3.63, 3.8) is 0 Å². The number of benzene rings is 1. The quantitative estimate of drug-likeness (QED) is 0.834. The first-order valence-corrected chi connectivity index (χ1v) is 7.67. The average molecular weight is 332 g/mol. The maximum absolute atomic E-state index is 6.27. The van der Waals surface area contributed by atoms with E-state index in [2.05, 4.69) is 51.7 Å². The maximum Gasteiger partial charge on any atom is 0.0462 e. The lowest BCUT2D eigenvalue weighted by atomic mass is 10.1. The van der Waals surface area contributed by atoms with E-state index in [0.717, 1.165) is 42.2 Å². The Morgan fingerprint density at radius 1 is 1.39 bits per heavy atom. The molecular weight excluding hydrogens is 312 g/mol. The van der Waals surface area contributed by atoms with Gasteiger partial charge in [-0.25, -0.2) is 0 Å². The third kappa shape index (κ3) is 3.47. The Bertz CT molecular complexity index is 411. The number of halogens is 2. The van der Waals surface area contributed by atoms with Gasteiger partial charge >= 0.3 is 0 Å². The molecule has 0 aromatic heterocycles. The summed E-state index contributed by atoms with van der Waals surface area (Å²) in [6.45, 7) is 10.1. The van der Waals surface area contributed by atoms with E-state index < -0.39 is 0 Å². The Labute approximate surface area is 123 Å². The predicted molar refractivity (Wildman–Crippen MR) is 81.1 cm³/mol. The molecular formula is C14H20BrClN2. The Kier molecular flexibility index (Phi) is 5.07. The Balaban J connectivity index is 1.98. The van der Waals surface area contributed by atoms with Crippen molar-refractivity contribution in [1.29, 1.82) is 0 Å². The molecule has 0 radical (unpaired) electrons. The van der Waals surface area contributed by atoms with Gasteiger partial charge in [-0.15, -0.1) is 0 Å². The molecule has 1 aromatic carbocycles. The molecule has 1 unspecified atom stereocenters. The van der Waals surface area contributed by atoms with Gasteiger partial charge in [-0.1, -0.05) is 40.5 Å². The molecule has 1 aliphatic rings. The molecule has 2 rings (SSSR count). The number of nitrogens with zero attached hydrogens (tertiary/aromatic N) is 2. The second kappa shape index (κ2) is 6.38. The molecule has 0 amide bonds. The highest BCUT2D eigenvalue weighted by Crippen LogP contribution is 2.23. The summed E-state index contributed by atoms with van der Waals surface area (Å²) >= 11 is 9.72. The number of hydrogen-bond donors (Lipinski definition) is 0. The highest BCUT2D eigenvalue weighted by molar-refractivity contribution is 9.10. The monoisotopic (exact) mass is 330 g/mol. The molecule has 18 heavy (non-hydrogen) atoms.